The zero-order valence-corrected chi connectivity index (χ0v) is 4.63. The van der Waals surface area contributed by atoms with Crippen molar-refractivity contribution in [1.29, 1.82) is 0 Å². The van der Waals surface area contributed by atoms with Crippen LogP contribution in [0.15, 0.2) is 24.6 Å². The van der Waals surface area contributed by atoms with Crippen molar-refractivity contribution < 1.29 is 1.37 Å². The van der Waals surface area contributed by atoms with Crippen LogP contribution in [-0.2, 0) is 0 Å². The second kappa shape index (κ2) is 1.55. The summed E-state index contributed by atoms with van der Waals surface area (Å²) in [5, 5.41) is 0. The van der Waals surface area contributed by atoms with Gasteiger partial charge >= 0.3 is 0 Å². The van der Waals surface area contributed by atoms with Crippen molar-refractivity contribution in [3.63, 3.8) is 0 Å². The molecule has 0 saturated heterocycles. The summed E-state index contributed by atoms with van der Waals surface area (Å²) in [6.07, 6.45) is 1.82. The molecule has 0 radical (unpaired) electrons. The van der Waals surface area contributed by atoms with Crippen LogP contribution in [0.4, 0.5) is 0 Å². The molecule has 0 bridgehead atoms. The molecule has 3 nitrogen and oxygen atoms in total. The zero-order chi connectivity index (χ0) is 6.97. The normalized spacial score (nSPS) is 11.8. The molecule has 0 spiro atoms. The lowest BCUT2D eigenvalue weighted by Gasteiger charge is -1.80. The predicted molar refractivity (Wildman–Crippen MR) is 33.9 cm³/mol. The topological polar surface area (TPSA) is 41.6 Å². The molecule has 0 aliphatic heterocycles. The van der Waals surface area contributed by atoms with Crippen LogP contribution in [0.5, 0.6) is 0 Å². The van der Waals surface area contributed by atoms with E-state index in [1.807, 2.05) is 6.07 Å². The van der Waals surface area contributed by atoms with Crippen molar-refractivity contribution in [1.82, 2.24) is 15.0 Å². The molecule has 0 fully saturated rings. The number of hydrogen-bond donors (Lipinski definition) is 1. The molecule has 3 heteroatoms. The highest BCUT2D eigenvalue weighted by Gasteiger charge is 1.90. The third-order valence-corrected chi connectivity index (χ3v) is 1.14. The average Bonchev–Trinajstić information content (AvgIpc) is 2.27. The van der Waals surface area contributed by atoms with Gasteiger partial charge in [-0.15, -0.1) is 0 Å². The molecular weight excluding hydrogens is 114 g/mol. The monoisotopic (exact) mass is 120 g/mol. The Morgan fingerprint density at radius 3 is 3.44 bits per heavy atom. The lowest BCUT2D eigenvalue weighted by atomic mass is 10.4. The molecule has 2 heterocycles. The number of H-pyrrole nitrogens is 1. The van der Waals surface area contributed by atoms with Gasteiger partial charge in [-0.3, -0.25) is 0 Å². The maximum Gasteiger partial charge on any atom is 0.177 e. The molecule has 0 unspecified atom stereocenters. The number of aromatic amines is 1. The molecule has 9 heavy (non-hydrogen) atoms. The summed E-state index contributed by atoms with van der Waals surface area (Å²) in [6.45, 7) is 0. The van der Waals surface area contributed by atoms with Crippen LogP contribution < -0.4 is 0 Å². The van der Waals surface area contributed by atoms with Gasteiger partial charge in [0.15, 0.2) is 5.65 Å². The van der Waals surface area contributed by atoms with E-state index in [0.717, 1.165) is 5.52 Å². The standard InChI is InChI=1S/C6H5N3/c1-2-5-6(7-3-1)9-4-8-5/h1-4H,(H,7,8,9)/i4D. The number of hydrogen-bond acceptors (Lipinski definition) is 2. The first kappa shape index (κ1) is 3.61. The molecule has 0 aliphatic carbocycles. The second-order valence-corrected chi connectivity index (χ2v) is 1.72. The van der Waals surface area contributed by atoms with Gasteiger partial charge in [0.05, 0.1) is 11.8 Å². The van der Waals surface area contributed by atoms with Crippen LogP contribution in [-0.4, -0.2) is 15.0 Å². The molecular formula is C6H5N3. The summed E-state index contributed by atoms with van der Waals surface area (Å²) in [5.41, 5.74) is 1.42. The lowest BCUT2D eigenvalue weighted by Crippen LogP contribution is -1.71. The summed E-state index contributed by atoms with van der Waals surface area (Å²) in [6, 6.07) is 3.65. The molecule has 2 aromatic heterocycles. The van der Waals surface area contributed by atoms with E-state index < -0.39 is 0 Å². The van der Waals surface area contributed by atoms with Crippen molar-refractivity contribution in [2.45, 2.75) is 0 Å². The van der Waals surface area contributed by atoms with Crippen molar-refractivity contribution >= 4 is 11.2 Å². The Labute approximate surface area is 53.2 Å². The Bertz CT molecular complexity index is 322. The third kappa shape index (κ3) is 0.579. The molecule has 0 aliphatic rings. The third-order valence-electron chi connectivity index (χ3n) is 1.14. The number of aromatic nitrogens is 3. The van der Waals surface area contributed by atoms with Crippen molar-refractivity contribution in [2.24, 2.45) is 0 Å². The predicted octanol–water partition coefficient (Wildman–Crippen LogP) is 0.958. The molecule has 2 rings (SSSR count). The largest absolute Gasteiger partial charge is 0.343 e. The Kier molecular flexibility index (Phi) is 0.621. The van der Waals surface area contributed by atoms with Gasteiger partial charge in [0, 0.05) is 6.20 Å². The minimum Gasteiger partial charge on any atom is -0.343 e. The Balaban J connectivity index is 2.88. The van der Waals surface area contributed by atoms with Gasteiger partial charge in [0.2, 0.25) is 0 Å². The molecule has 0 atom stereocenters. The quantitative estimate of drug-likeness (QED) is 0.562. The molecule has 2 aromatic rings. The lowest BCUT2D eigenvalue weighted by molar-refractivity contribution is 1.30. The van der Waals surface area contributed by atoms with Crippen molar-refractivity contribution in [3.8, 4) is 0 Å². The first-order valence-electron chi connectivity index (χ1n) is 3.13. The highest BCUT2D eigenvalue weighted by molar-refractivity contribution is 5.68. The highest BCUT2D eigenvalue weighted by atomic mass is 14.9. The zero-order valence-electron chi connectivity index (χ0n) is 5.63. The van der Waals surface area contributed by atoms with Gasteiger partial charge in [0.1, 0.15) is 1.37 Å². The Hall–Kier alpha value is -1.38. The van der Waals surface area contributed by atoms with Crippen LogP contribution in [0.3, 0.4) is 0 Å². The van der Waals surface area contributed by atoms with E-state index in [4.69, 9.17) is 1.37 Å². The molecule has 0 amide bonds. The van der Waals surface area contributed by atoms with E-state index in [9.17, 15) is 0 Å². The highest BCUT2D eigenvalue weighted by Crippen LogP contribution is 2.01. The van der Waals surface area contributed by atoms with E-state index in [2.05, 4.69) is 15.0 Å². The van der Waals surface area contributed by atoms with Crippen LogP contribution in [0, 0.1) is 0 Å². The van der Waals surface area contributed by atoms with Crippen LogP contribution in [0.25, 0.3) is 11.2 Å². The number of pyridine rings is 1. The van der Waals surface area contributed by atoms with E-state index >= 15 is 0 Å². The Morgan fingerprint density at radius 2 is 2.56 bits per heavy atom. The van der Waals surface area contributed by atoms with Crippen LogP contribution >= 0.6 is 0 Å². The molecule has 0 aromatic carbocycles. The number of rotatable bonds is 0. The molecule has 0 saturated carbocycles. The first-order chi connectivity index (χ1) is 4.86. The minimum absolute atomic E-state index is 0.161. The van der Waals surface area contributed by atoms with Gasteiger partial charge < -0.3 is 4.98 Å². The molecule has 44 valence electrons. The SMILES string of the molecule is [2H]c1nc2ncccc2[nH]1. The summed E-state index contributed by atoms with van der Waals surface area (Å²) in [7, 11) is 0. The summed E-state index contributed by atoms with van der Waals surface area (Å²) in [5.74, 6) is 0. The minimum atomic E-state index is 0.161. The van der Waals surface area contributed by atoms with Gasteiger partial charge in [-0.2, -0.15) is 0 Å². The second-order valence-electron chi connectivity index (χ2n) is 1.72. The van der Waals surface area contributed by atoms with Gasteiger partial charge in [0.25, 0.3) is 0 Å². The maximum absolute atomic E-state index is 7.12. The van der Waals surface area contributed by atoms with E-state index in [0.29, 0.717) is 5.65 Å². The Morgan fingerprint density at radius 1 is 1.56 bits per heavy atom. The van der Waals surface area contributed by atoms with E-state index in [-0.39, 0.29) is 6.30 Å². The van der Waals surface area contributed by atoms with Crippen molar-refractivity contribution in [2.75, 3.05) is 0 Å². The van der Waals surface area contributed by atoms with Gasteiger partial charge in [-0.05, 0) is 12.1 Å². The van der Waals surface area contributed by atoms with E-state index in [1.165, 1.54) is 0 Å². The van der Waals surface area contributed by atoms with Crippen LogP contribution in [0.2, 0.25) is 0 Å². The van der Waals surface area contributed by atoms with Gasteiger partial charge in [-0.25, -0.2) is 9.97 Å². The molecule has 1 N–H and O–H groups in total. The number of fused-ring (bicyclic) bond motifs is 1. The summed E-state index contributed by atoms with van der Waals surface area (Å²) >= 11 is 0. The van der Waals surface area contributed by atoms with Gasteiger partial charge in [-0.1, -0.05) is 0 Å². The summed E-state index contributed by atoms with van der Waals surface area (Å²) < 4.78 is 7.12. The van der Waals surface area contributed by atoms with Crippen molar-refractivity contribution in [3.05, 3.63) is 24.6 Å². The first-order valence-corrected chi connectivity index (χ1v) is 2.63. The number of imidazole rings is 1. The fourth-order valence-corrected chi connectivity index (χ4v) is 0.725. The smallest absolute Gasteiger partial charge is 0.177 e. The number of nitrogens with zero attached hydrogens (tertiary/aromatic N) is 2. The fraction of sp³-hybridized carbons (Fsp3) is 0. The fourth-order valence-electron chi connectivity index (χ4n) is 0.725. The average molecular weight is 120 g/mol. The maximum atomic E-state index is 7.12. The van der Waals surface area contributed by atoms with E-state index in [1.54, 1.807) is 12.3 Å². The number of nitrogens with one attached hydrogen (secondary N) is 1. The van der Waals surface area contributed by atoms with Crippen LogP contribution in [0.1, 0.15) is 1.37 Å². The summed E-state index contributed by atoms with van der Waals surface area (Å²) in [4.78, 5) is 10.5.